The van der Waals surface area contributed by atoms with Crippen LogP contribution in [0.2, 0.25) is 0 Å². The summed E-state index contributed by atoms with van der Waals surface area (Å²) in [5.74, 6) is 0.720. The molecule has 8 heteroatoms. The number of carbonyl (C=O) groups is 1. The number of benzene rings is 2. The number of amides is 2. The minimum atomic E-state index is -3.19. The molecule has 4 rings (SSSR count). The summed E-state index contributed by atoms with van der Waals surface area (Å²) in [5.41, 5.74) is 1.66. The van der Waals surface area contributed by atoms with Gasteiger partial charge in [-0.05, 0) is 42.2 Å². The molecule has 0 saturated carbocycles. The second-order valence-corrected chi connectivity index (χ2v) is 10.1. The minimum Gasteiger partial charge on any atom is -0.497 e. The van der Waals surface area contributed by atoms with Crippen LogP contribution < -0.4 is 9.64 Å². The summed E-state index contributed by atoms with van der Waals surface area (Å²) in [4.78, 5) is 17.7. The van der Waals surface area contributed by atoms with Crippen LogP contribution >= 0.6 is 11.8 Å². The molecule has 0 aliphatic carbocycles. The first-order valence-corrected chi connectivity index (χ1v) is 12.0. The molecular formula is C20H22N2O4S2. The van der Waals surface area contributed by atoms with E-state index in [4.69, 9.17) is 4.74 Å². The number of hydrogen-bond donors (Lipinski definition) is 0. The average molecular weight is 419 g/mol. The van der Waals surface area contributed by atoms with Crippen molar-refractivity contribution in [3.63, 3.8) is 0 Å². The number of sulfone groups is 1. The monoisotopic (exact) mass is 418 g/mol. The van der Waals surface area contributed by atoms with Gasteiger partial charge in [-0.15, -0.1) is 11.8 Å². The molecule has 0 unspecified atom stereocenters. The molecule has 2 amide bonds. The van der Waals surface area contributed by atoms with Crippen LogP contribution in [0.25, 0.3) is 0 Å². The SMILES string of the molecule is COc1cccc(CN2C(=O)N(c3cccc(SC)c3)[C@H]3CS(=O)(=O)C[C@H]32)c1. The zero-order valence-corrected chi connectivity index (χ0v) is 17.4. The summed E-state index contributed by atoms with van der Waals surface area (Å²) < 4.78 is 30.0. The van der Waals surface area contributed by atoms with Crippen LogP contribution in [0.3, 0.4) is 0 Å². The van der Waals surface area contributed by atoms with Crippen molar-refractivity contribution < 1.29 is 17.9 Å². The van der Waals surface area contributed by atoms with E-state index in [1.807, 2.05) is 54.8 Å². The van der Waals surface area contributed by atoms with E-state index in [9.17, 15) is 13.2 Å². The van der Waals surface area contributed by atoms with E-state index in [-0.39, 0.29) is 29.6 Å². The van der Waals surface area contributed by atoms with Crippen molar-refractivity contribution in [2.45, 2.75) is 23.5 Å². The maximum Gasteiger partial charge on any atom is 0.325 e. The second-order valence-electron chi connectivity index (χ2n) is 7.05. The van der Waals surface area contributed by atoms with Gasteiger partial charge in [0.1, 0.15) is 5.75 Å². The summed E-state index contributed by atoms with van der Waals surface area (Å²) in [6, 6.07) is 14.4. The first kappa shape index (κ1) is 19.1. The van der Waals surface area contributed by atoms with Gasteiger partial charge >= 0.3 is 6.03 Å². The molecule has 2 aromatic rings. The normalized spacial score (nSPS) is 23.1. The Hall–Kier alpha value is -2.19. The van der Waals surface area contributed by atoms with Crippen LogP contribution in [-0.4, -0.2) is 56.3 Å². The molecule has 2 aromatic carbocycles. The Bertz CT molecular complexity index is 1010. The molecule has 0 bridgehead atoms. The number of nitrogens with zero attached hydrogens (tertiary/aromatic N) is 2. The molecule has 28 heavy (non-hydrogen) atoms. The quantitative estimate of drug-likeness (QED) is 0.552. The highest BCUT2D eigenvalue weighted by molar-refractivity contribution is 7.98. The molecule has 2 atom stereocenters. The van der Waals surface area contributed by atoms with Gasteiger partial charge in [0, 0.05) is 17.1 Å². The maximum atomic E-state index is 13.3. The molecule has 2 aliphatic heterocycles. The van der Waals surface area contributed by atoms with Crippen LogP contribution in [0.1, 0.15) is 5.56 Å². The number of methoxy groups -OCH3 is 1. The van der Waals surface area contributed by atoms with Gasteiger partial charge in [0.15, 0.2) is 9.84 Å². The lowest BCUT2D eigenvalue weighted by Crippen LogP contribution is -2.37. The van der Waals surface area contributed by atoms with Crippen molar-refractivity contribution in [1.82, 2.24) is 4.90 Å². The lowest BCUT2D eigenvalue weighted by Gasteiger charge is -2.23. The van der Waals surface area contributed by atoms with Crippen molar-refractivity contribution in [3.8, 4) is 5.75 Å². The van der Waals surface area contributed by atoms with E-state index in [1.54, 1.807) is 28.7 Å². The predicted octanol–water partition coefficient (Wildman–Crippen LogP) is 3.02. The molecule has 0 N–H and O–H groups in total. The van der Waals surface area contributed by atoms with Gasteiger partial charge in [0.05, 0.1) is 30.7 Å². The Morgan fingerprint density at radius 2 is 1.86 bits per heavy atom. The summed E-state index contributed by atoms with van der Waals surface area (Å²) in [6.45, 7) is 0.353. The predicted molar refractivity (Wildman–Crippen MR) is 111 cm³/mol. The van der Waals surface area contributed by atoms with E-state index >= 15 is 0 Å². The van der Waals surface area contributed by atoms with Gasteiger partial charge in [0.2, 0.25) is 0 Å². The Labute approximate surface area is 169 Å². The van der Waals surface area contributed by atoms with Crippen molar-refractivity contribution in [2.75, 3.05) is 29.8 Å². The van der Waals surface area contributed by atoms with Crippen LogP contribution in [-0.2, 0) is 16.4 Å². The molecule has 2 aliphatic rings. The molecule has 0 aromatic heterocycles. The highest BCUT2D eigenvalue weighted by Gasteiger charge is 2.53. The van der Waals surface area contributed by atoms with Crippen LogP contribution in [0.15, 0.2) is 53.4 Å². The van der Waals surface area contributed by atoms with Crippen LogP contribution in [0.4, 0.5) is 10.5 Å². The molecule has 2 saturated heterocycles. The Morgan fingerprint density at radius 1 is 1.11 bits per heavy atom. The van der Waals surface area contributed by atoms with Gasteiger partial charge < -0.3 is 9.64 Å². The minimum absolute atomic E-state index is 0.00150. The second kappa shape index (κ2) is 7.33. The molecule has 0 radical (unpaired) electrons. The first-order valence-electron chi connectivity index (χ1n) is 8.99. The standard InChI is InChI=1S/C20H22N2O4S2/c1-26-16-7-3-5-14(9-16)11-21-18-12-28(24,25)13-19(18)22(20(21)23)15-6-4-8-17(10-15)27-2/h3-10,18-19H,11-13H2,1-2H3/t18-,19+/m1/s1. The van der Waals surface area contributed by atoms with Gasteiger partial charge in [-0.2, -0.15) is 0 Å². The van der Waals surface area contributed by atoms with E-state index in [0.717, 1.165) is 16.1 Å². The van der Waals surface area contributed by atoms with E-state index in [2.05, 4.69) is 0 Å². The number of carbonyl (C=O) groups excluding carboxylic acids is 1. The summed E-state index contributed by atoms with van der Waals surface area (Å²) in [7, 11) is -1.59. The van der Waals surface area contributed by atoms with Crippen LogP contribution in [0, 0.1) is 0 Å². The topological polar surface area (TPSA) is 66.9 Å². The number of rotatable bonds is 5. The number of thioether (sulfide) groups is 1. The van der Waals surface area contributed by atoms with Gasteiger partial charge in [-0.25, -0.2) is 13.2 Å². The van der Waals surface area contributed by atoms with E-state index < -0.39 is 9.84 Å². The third-order valence-electron chi connectivity index (χ3n) is 5.30. The molecule has 0 spiro atoms. The number of ether oxygens (including phenoxy) is 1. The summed E-state index contributed by atoms with van der Waals surface area (Å²) in [6.07, 6.45) is 1.98. The summed E-state index contributed by atoms with van der Waals surface area (Å²) >= 11 is 1.59. The zero-order chi connectivity index (χ0) is 19.9. The highest BCUT2D eigenvalue weighted by Crippen LogP contribution is 2.37. The average Bonchev–Trinajstić information content (AvgIpc) is 3.12. The van der Waals surface area contributed by atoms with Gasteiger partial charge in [-0.3, -0.25) is 4.90 Å². The Morgan fingerprint density at radius 3 is 2.61 bits per heavy atom. The fraction of sp³-hybridized carbons (Fsp3) is 0.350. The lowest BCUT2D eigenvalue weighted by atomic mass is 10.1. The lowest BCUT2D eigenvalue weighted by molar-refractivity contribution is 0.206. The smallest absolute Gasteiger partial charge is 0.325 e. The molecule has 148 valence electrons. The number of anilines is 1. The van der Waals surface area contributed by atoms with E-state index in [0.29, 0.717) is 12.3 Å². The number of hydrogen-bond acceptors (Lipinski definition) is 5. The zero-order valence-electron chi connectivity index (χ0n) is 15.7. The molecule has 2 heterocycles. The van der Waals surface area contributed by atoms with Gasteiger partial charge in [-0.1, -0.05) is 18.2 Å². The molecule has 6 nitrogen and oxygen atoms in total. The number of fused-ring (bicyclic) bond motifs is 1. The third kappa shape index (κ3) is 3.46. The molecular weight excluding hydrogens is 396 g/mol. The van der Waals surface area contributed by atoms with Crippen molar-refractivity contribution in [3.05, 3.63) is 54.1 Å². The Balaban J connectivity index is 1.70. The first-order chi connectivity index (χ1) is 13.4. The number of urea groups is 1. The fourth-order valence-corrected chi connectivity index (χ4v) is 6.39. The third-order valence-corrected chi connectivity index (χ3v) is 7.72. The van der Waals surface area contributed by atoms with E-state index in [1.165, 1.54) is 0 Å². The largest absolute Gasteiger partial charge is 0.497 e. The maximum absolute atomic E-state index is 13.3. The fourth-order valence-electron chi connectivity index (χ4n) is 3.99. The Kier molecular flexibility index (Phi) is 5.01. The molecule has 2 fully saturated rings. The van der Waals surface area contributed by atoms with Crippen LogP contribution in [0.5, 0.6) is 5.75 Å². The van der Waals surface area contributed by atoms with Crippen molar-refractivity contribution in [2.24, 2.45) is 0 Å². The summed E-state index contributed by atoms with van der Waals surface area (Å²) in [5, 5.41) is 0. The van der Waals surface area contributed by atoms with Crippen molar-refractivity contribution >= 4 is 33.3 Å². The van der Waals surface area contributed by atoms with Crippen molar-refractivity contribution in [1.29, 1.82) is 0 Å². The highest BCUT2D eigenvalue weighted by atomic mass is 32.2. The van der Waals surface area contributed by atoms with Gasteiger partial charge in [0.25, 0.3) is 0 Å².